The molecule has 0 unspecified atom stereocenters. The normalized spacial score (nSPS) is 0. The van der Waals surface area contributed by atoms with E-state index in [4.69, 9.17) is 0 Å². The van der Waals surface area contributed by atoms with Gasteiger partial charge < -0.3 is 0 Å². The largest absolute Gasteiger partial charge is 0 e. The minimum atomic E-state index is 0. The molecule has 0 aliphatic rings. The van der Waals surface area contributed by atoms with Gasteiger partial charge in [-0.05, 0) is 0 Å². The Balaban J connectivity index is 0. The van der Waals surface area contributed by atoms with Gasteiger partial charge in [-0.25, -0.2) is 0 Å². The minimum absolute atomic E-state index is 0. The summed E-state index contributed by atoms with van der Waals surface area (Å²) in [5.41, 5.74) is 0. The Morgan fingerprint density at radius 1 is 0.750 bits per heavy atom. The van der Waals surface area contributed by atoms with Gasteiger partial charge >= 0.3 is 0 Å². The van der Waals surface area contributed by atoms with Crippen LogP contribution in [0.4, 0.5) is 0 Å². The van der Waals surface area contributed by atoms with Crippen molar-refractivity contribution < 1.29 is 71.7 Å². The number of hydrogen-bond donors (Lipinski definition) is 0. The van der Waals surface area contributed by atoms with E-state index in [1.165, 1.54) is 0 Å². The molecular formula is Cu2MoNi. The van der Waals surface area contributed by atoms with Crippen molar-refractivity contribution >= 4 is 0 Å². The van der Waals surface area contributed by atoms with Crippen molar-refractivity contribution in [2.24, 2.45) is 0 Å². The van der Waals surface area contributed by atoms with Crippen LogP contribution in [-0.4, -0.2) is 0 Å². The number of rotatable bonds is 0. The molecule has 0 nitrogen and oxygen atoms in total. The van der Waals surface area contributed by atoms with Crippen molar-refractivity contribution in [2.75, 3.05) is 0 Å². The van der Waals surface area contributed by atoms with Crippen molar-refractivity contribution in [1.82, 2.24) is 0 Å². The standard InChI is InChI=1S/2Cu.Mo.Ni. The summed E-state index contributed by atoms with van der Waals surface area (Å²) in [6.07, 6.45) is 0. The third-order valence-electron chi connectivity index (χ3n) is 0. The van der Waals surface area contributed by atoms with E-state index in [9.17, 15) is 0 Å². The van der Waals surface area contributed by atoms with Crippen molar-refractivity contribution in [3.8, 4) is 0 Å². The fourth-order valence-electron chi connectivity index (χ4n) is 0. The van der Waals surface area contributed by atoms with Gasteiger partial charge in [-0.1, -0.05) is 0 Å². The molecule has 0 aromatic rings. The topological polar surface area (TPSA) is 0 Å². The monoisotopic (exact) mass is 282 g/mol. The van der Waals surface area contributed by atoms with Crippen molar-refractivity contribution in [2.45, 2.75) is 0 Å². The average molecular weight is 282 g/mol. The van der Waals surface area contributed by atoms with Gasteiger partial charge in [0, 0.05) is 71.7 Å². The molecule has 0 atom stereocenters. The second-order valence-corrected chi connectivity index (χ2v) is 0. The summed E-state index contributed by atoms with van der Waals surface area (Å²) in [6, 6.07) is 0. The second-order valence-electron chi connectivity index (χ2n) is 0. The summed E-state index contributed by atoms with van der Waals surface area (Å²) in [7, 11) is 0. The molecule has 0 bridgehead atoms. The maximum atomic E-state index is 0. The van der Waals surface area contributed by atoms with Crippen LogP contribution in [0.15, 0.2) is 0 Å². The molecule has 2 radical (unpaired) electrons. The first-order chi connectivity index (χ1) is 0. The van der Waals surface area contributed by atoms with Gasteiger partial charge in [0.15, 0.2) is 0 Å². The summed E-state index contributed by atoms with van der Waals surface area (Å²) in [5, 5.41) is 0. The van der Waals surface area contributed by atoms with Gasteiger partial charge in [-0.2, -0.15) is 0 Å². The molecule has 0 rings (SSSR count). The fourth-order valence-corrected chi connectivity index (χ4v) is 0. The smallest absolute Gasteiger partial charge is 0 e. The van der Waals surface area contributed by atoms with E-state index in [1.807, 2.05) is 0 Å². The van der Waals surface area contributed by atoms with E-state index >= 15 is 0 Å². The Kier molecular flexibility index (Phi) is 162. The molecule has 0 saturated heterocycles. The molecule has 0 heterocycles. The Morgan fingerprint density at radius 3 is 0.750 bits per heavy atom. The third kappa shape index (κ3) is 8.88. The van der Waals surface area contributed by atoms with Crippen LogP contribution in [0.3, 0.4) is 0 Å². The maximum Gasteiger partial charge on any atom is 0 e. The van der Waals surface area contributed by atoms with Gasteiger partial charge in [0.25, 0.3) is 0 Å². The van der Waals surface area contributed by atoms with E-state index < -0.39 is 0 Å². The van der Waals surface area contributed by atoms with Crippen LogP contribution in [0.1, 0.15) is 0 Å². The van der Waals surface area contributed by atoms with Crippen LogP contribution >= 0.6 is 0 Å². The maximum absolute atomic E-state index is 0. The summed E-state index contributed by atoms with van der Waals surface area (Å²) < 4.78 is 0. The van der Waals surface area contributed by atoms with E-state index in [-0.39, 0.29) is 71.7 Å². The molecule has 0 aromatic carbocycles. The van der Waals surface area contributed by atoms with E-state index in [1.54, 1.807) is 0 Å². The Labute approximate surface area is 71.0 Å². The van der Waals surface area contributed by atoms with Crippen molar-refractivity contribution in [3.05, 3.63) is 0 Å². The molecule has 0 N–H and O–H groups in total. The quantitative estimate of drug-likeness (QED) is 0.548. The summed E-state index contributed by atoms with van der Waals surface area (Å²) in [4.78, 5) is 0. The van der Waals surface area contributed by atoms with Crippen LogP contribution in [0.2, 0.25) is 0 Å². The predicted molar refractivity (Wildman–Crippen MR) is 0 cm³/mol. The molecule has 0 aliphatic carbocycles. The SMILES string of the molecule is [Cu].[Cu].[Mo].[Ni]. The zero-order valence-electron chi connectivity index (χ0n) is 1.33. The van der Waals surface area contributed by atoms with Crippen LogP contribution in [0, 0.1) is 0 Å². The van der Waals surface area contributed by atoms with Crippen molar-refractivity contribution in [3.63, 3.8) is 0 Å². The van der Waals surface area contributed by atoms with Crippen LogP contribution in [0.5, 0.6) is 0 Å². The Morgan fingerprint density at radius 2 is 0.750 bits per heavy atom. The Hall–Kier alpha value is 2.22. The first kappa shape index (κ1) is 34.4. The Bertz CT molecular complexity index is 6.00. The predicted octanol–water partition coefficient (Wildman–Crippen LogP) is -0.0100. The molecular weight excluding hydrogens is 282 g/mol. The van der Waals surface area contributed by atoms with Gasteiger partial charge in [0.1, 0.15) is 0 Å². The van der Waals surface area contributed by atoms with E-state index in [0.717, 1.165) is 0 Å². The third-order valence-corrected chi connectivity index (χ3v) is 0. The van der Waals surface area contributed by atoms with Crippen molar-refractivity contribution in [1.29, 1.82) is 0 Å². The van der Waals surface area contributed by atoms with E-state index in [2.05, 4.69) is 0 Å². The zero-order valence-corrected chi connectivity index (χ0v) is 6.21. The molecule has 0 fully saturated rings. The van der Waals surface area contributed by atoms with Crippen LogP contribution in [-0.2, 0) is 71.7 Å². The molecule has 4 heavy (non-hydrogen) atoms. The first-order valence-electron chi connectivity index (χ1n) is 0. The molecule has 0 spiro atoms. The summed E-state index contributed by atoms with van der Waals surface area (Å²) in [6.45, 7) is 0. The van der Waals surface area contributed by atoms with Gasteiger partial charge in [-0.3, -0.25) is 0 Å². The van der Waals surface area contributed by atoms with E-state index in [0.29, 0.717) is 0 Å². The van der Waals surface area contributed by atoms with Crippen LogP contribution in [0.25, 0.3) is 0 Å². The average Bonchev–Trinajstić information content (AvgIpc) is 0. The fraction of sp³-hybridized carbons (Fsp3) is 0. The molecule has 4 heteroatoms. The van der Waals surface area contributed by atoms with Gasteiger partial charge in [0.05, 0.1) is 0 Å². The molecule has 0 aliphatic heterocycles. The second kappa shape index (κ2) is 18.9. The summed E-state index contributed by atoms with van der Waals surface area (Å²) in [5.74, 6) is 0. The molecule has 0 saturated carbocycles. The molecule has 38 valence electrons. The minimum Gasteiger partial charge on any atom is 0 e. The van der Waals surface area contributed by atoms with Gasteiger partial charge in [0.2, 0.25) is 0 Å². The van der Waals surface area contributed by atoms with Crippen LogP contribution < -0.4 is 0 Å². The zero-order chi connectivity index (χ0) is 0. The molecule has 0 aromatic heterocycles. The first-order valence-corrected chi connectivity index (χ1v) is 0. The molecule has 0 amide bonds. The number of hydrogen-bond acceptors (Lipinski definition) is 0. The summed E-state index contributed by atoms with van der Waals surface area (Å²) >= 11 is 0. The van der Waals surface area contributed by atoms with Gasteiger partial charge in [-0.15, -0.1) is 0 Å².